The highest BCUT2D eigenvalue weighted by atomic mass is 35.5. The molecule has 1 fully saturated rings. The average molecular weight is 590 g/mol. The zero-order valence-electron chi connectivity index (χ0n) is 21.9. The zero-order valence-corrected chi connectivity index (χ0v) is 24.3. The number of nitrogens with zero attached hydrogens (tertiary/aromatic N) is 2. The standard InChI is InChI=1S/C32H26Cl2N2O3S/c1-21-11-15-26(16-12-21)35-32-36(19-22-7-4-3-5-8-22)31(37)29(40-32)17-23-9-6-10-28(38-2)30(23)39-20-24-13-14-25(33)18-27(24)34/h3-18H,19-20H2,1-2H3/b29-17+,35-32?. The maximum atomic E-state index is 13.7. The van der Waals surface area contributed by atoms with Crippen LogP contribution in [0.2, 0.25) is 10.0 Å². The molecule has 1 heterocycles. The van der Waals surface area contributed by atoms with Crippen LogP contribution in [0.25, 0.3) is 6.08 Å². The quantitative estimate of drug-likeness (QED) is 0.193. The van der Waals surface area contributed by atoms with Crippen LogP contribution < -0.4 is 9.47 Å². The van der Waals surface area contributed by atoms with Gasteiger partial charge in [0.25, 0.3) is 5.91 Å². The van der Waals surface area contributed by atoms with E-state index < -0.39 is 0 Å². The van der Waals surface area contributed by atoms with Gasteiger partial charge in [-0.25, -0.2) is 4.99 Å². The minimum Gasteiger partial charge on any atom is -0.493 e. The van der Waals surface area contributed by atoms with Crippen molar-refractivity contribution < 1.29 is 14.3 Å². The molecule has 8 heteroatoms. The molecule has 0 atom stereocenters. The van der Waals surface area contributed by atoms with Crippen molar-refractivity contribution in [1.29, 1.82) is 0 Å². The summed E-state index contributed by atoms with van der Waals surface area (Å²) in [6, 6.07) is 28.6. The van der Waals surface area contributed by atoms with Gasteiger partial charge in [-0.2, -0.15) is 0 Å². The second-order valence-corrected chi connectivity index (χ2v) is 11.0. The summed E-state index contributed by atoms with van der Waals surface area (Å²) in [4.78, 5) is 20.8. The summed E-state index contributed by atoms with van der Waals surface area (Å²) in [7, 11) is 1.58. The lowest BCUT2D eigenvalue weighted by Gasteiger charge is -2.16. The Bertz CT molecular complexity index is 1590. The molecule has 1 aliphatic heterocycles. The topological polar surface area (TPSA) is 51.1 Å². The van der Waals surface area contributed by atoms with Crippen molar-refractivity contribution in [3.63, 3.8) is 0 Å². The van der Waals surface area contributed by atoms with Gasteiger partial charge in [0, 0.05) is 21.2 Å². The fourth-order valence-electron chi connectivity index (χ4n) is 4.12. The summed E-state index contributed by atoms with van der Waals surface area (Å²) < 4.78 is 11.8. The first-order valence-electron chi connectivity index (χ1n) is 12.6. The smallest absolute Gasteiger partial charge is 0.267 e. The van der Waals surface area contributed by atoms with Crippen molar-refractivity contribution in [2.45, 2.75) is 20.1 Å². The molecule has 0 unspecified atom stereocenters. The number of carbonyl (C=O) groups excluding carboxylic acids is 1. The molecule has 1 aliphatic rings. The van der Waals surface area contributed by atoms with Gasteiger partial charge in [-0.05, 0) is 60.7 Å². The van der Waals surface area contributed by atoms with Crippen LogP contribution in [0.3, 0.4) is 0 Å². The molecular weight excluding hydrogens is 563 g/mol. The summed E-state index contributed by atoms with van der Waals surface area (Å²) >= 11 is 13.7. The second kappa shape index (κ2) is 12.6. The maximum Gasteiger partial charge on any atom is 0.267 e. The lowest BCUT2D eigenvalue weighted by molar-refractivity contribution is -0.122. The number of methoxy groups -OCH3 is 1. The number of aliphatic imine (C=N–C) groups is 1. The van der Waals surface area contributed by atoms with Crippen molar-refractivity contribution in [2.75, 3.05) is 7.11 Å². The lowest BCUT2D eigenvalue weighted by Crippen LogP contribution is -2.28. The monoisotopic (exact) mass is 588 g/mol. The highest BCUT2D eigenvalue weighted by molar-refractivity contribution is 8.18. The molecule has 1 saturated heterocycles. The summed E-state index contributed by atoms with van der Waals surface area (Å²) in [6.45, 7) is 2.64. The normalized spacial score (nSPS) is 15.2. The highest BCUT2D eigenvalue weighted by Crippen LogP contribution is 2.39. The predicted molar refractivity (Wildman–Crippen MR) is 165 cm³/mol. The second-order valence-electron chi connectivity index (χ2n) is 9.12. The largest absolute Gasteiger partial charge is 0.493 e. The summed E-state index contributed by atoms with van der Waals surface area (Å²) in [5.74, 6) is 0.925. The number of hydrogen-bond donors (Lipinski definition) is 0. The Kier molecular flexibility index (Phi) is 8.80. The summed E-state index contributed by atoms with van der Waals surface area (Å²) in [5.41, 5.74) is 4.43. The average Bonchev–Trinajstić information content (AvgIpc) is 3.23. The molecule has 0 radical (unpaired) electrons. The van der Waals surface area contributed by atoms with E-state index in [0.717, 1.165) is 22.4 Å². The van der Waals surface area contributed by atoms with E-state index in [0.29, 0.717) is 43.7 Å². The summed E-state index contributed by atoms with van der Waals surface area (Å²) in [6.07, 6.45) is 1.82. The Morgan fingerprint density at radius 1 is 0.950 bits per heavy atom. The van der Waals surface area contributed by atoms with Crippen LogP contribution in [-0.2, 0) is 17.9 Å². The van der Waals surface area contributed by atoms with Gasteiger partial charge < -0.3 is 9.47 Å². The van der Waals surface area contributed by atoms with Gasteiger partial charge in [0.2, 0.25) is 0 Å². The molecule has 0 spiro atoms. The molecule has 0 saturated carbocycles. The third-order valence-electron chi connectivity index (χ3n) is 6.23. The van der Waals surface area contributed by atoms with Crippen LogP contribution in [-0.4, -0.2) is 23.1 Å². The van der Waals surface area contributed by atoms with E-state index in [-0.39, 0.29) is 12.5 Å². The SMILES string of the molecule is COc1cccc(/C=C2/SC(=Nc3ccc(C)cc3)N(Cc3ccccc3)C2=O)c1OCc1ccc(Cl)cc1Cl. The fourth-order valence-corrected chi connectivity index (χ4v) is 5.57. The fraction of sp³-hybridized carbons (Fsp3) is 0.125. The van der Waals surface area contributed by atoms with Gasteiger partial charge in [-0.15, -0.1) is 0 Å². The number of benzene rings is 4. The number of rotatable bonds is 8. The molecular formula is C32H26Cl2N2O3S. The van der Waals surface area contributed by atoms with Crippen LogP contribution in [0.15, 0.2) is 101 Å². The van der Waals surface area contributed by atoms with Crippen molar-refractivity contribution in [1.82, 2.24) is 4.90 Å². The van der Waals surface area contributed by atoms with Gasteiger partial charge >= 0.3 is 0 Å². The third kappa shape index (κ3) is 6.53. The van der Waals surface area contributed by atoms with Crippen LogP contribution in [0.1, 0.15) is 22.3 Å². The highest BCUT2D eigenvalue weighted by Gasteiger charge is 2.34. The Balaban J connectivity index is 1.49. The zero-order chi connectivity index (χ0) is 28.1. The third-order valence-corrected chi connectivity index (χ3v) is 7.83. The molecule has 4 aromatic carbocycles. The van der Waals surface area contributed by atoms with E-state index in [2.05, 4.69) is 0 Å². The molecule has 202 valence electrons. The van der Waals surface area contributed by atoms with Gasteiger partial charge in [-0.1, -0.05) is 89.4 Å². The molecule has 4 aromatic rings. The van der Waals surface area contributed by atoms with Crippen molar-refractivity contribution in [3.8, 4) is 11.5 Å². The molecule has 40 heavy (non-hydrogen) atoms. The van der Waals surface area contributed by atoms with E-state index in [4.69, 9.17) is 37.7 Å². The molecule has 1 amide bonds. The van der Waals surface area contributed by atoms with Gasteiger partial charge in [0.15, 0.2) is 16.7 Å². The number of para-hydroxylation sites is 1. The Morgan fingerprint density at radius 3 is 2.45 bits per heavy atom. The first-order valence-corrected chi connectivity index (χ1v) is 14.1. The molecule has 5 rings (SSSR count). The minimum absolute atomic E-state index is 0.130. The molecule has 0 bridgehead atoms. The minimum atomic E-state index is -0.130. The van der Waals surface area contributed by atoms with Gasteiger partial charge in [0.1, 0.15) is 6.61 Å². The van der Waals surface area contributed by atoms with Crippen LogP contribution in [0, 0.1) is 6.92 Å². The molecule has 0 aromatic heterocycles. The predicted octanol–water partition coefficient (Wildman–Crippen LogP) is 8.69. The lowest BCUT2D eigenvalue weighted by atomic mass is 10.1. The Morgan fingerprint density at radius 2 is 1.73 bits per heavy atom. The first kappa shape index (κ1) is 27.8. The van der Waals surface area contributed by atoms with Crippen molar-refractivity contribution in [2.24, 2.45) is 4.99 Å². The van der Waals surface area contributed by atoms with E-state index in [1.807, 2.05) is 91.9 Å². The number of amidine groups is 1. The van der Waals surface area contributed by atoms with Crippen molar-refractivity contribution in [3.05, 3.63) is 128 Å². The summed E-state index contributed by atoms with van der Waals surface area (Å²) in [5, 5.41) is 1.68. The number of hydrogen-bond acceptors (Lipinski definition) is 5. The van der Waals surface area contributed by atoms with Crippen molar-refractivity contribution >= 4 is 57.8 Å². The van der Waals surface area contributed by atoms with E-state index in [9.17, 15) is 4.79 Å². The number of halogens is 2. The molecule has 0 N–H and O–H groups in total. The Labute approximate surface area is 248 Å². The van der Waals surface area contributed by atoms with Crippen LogP contribution in [0.4, 0.5) is 5.69 Å². The molecule has 5 nitrogen and oxygen atoms in total. The number of aryl methyl sites for hydroxylation is 1. The van der Waals surface area contributed by atoms with E-state index in [1.54, 1.807) is 24.1 Å². The van der Waals surface area contributed by atoms with E-state index in [1.165, 1.54) is 11.8 Å². The first-order chi connectivity index (χ1) is 19.4. The Hall–Kier alpha value is -3.71. The van der Waals surface area contributed by atoms with Crippen LogP contribution in [0.5, 0.6) is 11.5 Å². The van der Waals surface area contributed by atoms with Gasteiger partial charge in [0.05, 0.1) is 24.2 Å². The van der Waals surface area contributed by atoms with E-state index >= 15 is 0 Å². The number of amides is 1. The number of thioether (sulfide) groups is 1. The molecule has 0 aliphatic carbocycles. The number of ether oxygens (including phenoxy) is 2. The maximum absolute atomic E-state index is 13.7. The van der Waals surface area contributed by atoms with Gasteiger partial charge in [-0.3, -0.25) is 9.69 Å². The van der Waals surface area contributed by atoms with Crippen LogP contribution >= 0.6 is 35.0 Å². The number of carbonyl (C=O) groups is 1.